The molecule has 0 bridgehead atoms. The molecule has 0 saturated heterocycles. The molecule has 0 aliphatic rings. The fourth-order valence-corrected chi connectivity index (χ4v) is 3.30. The van der Waals surface area contributed by atoms with Gasteiger partial charge in [0.15, 0.2) is 0 Å². The Hall–Kier alpha value is -0.390. The maximum atomic E-state index is 5.86. The zero-order valence-electron chi connectivity index (χ0n) is 8.28. The number of halogens is 2. The van der Waals surface area contributed by atoms with Gasteiger partial charge in [-0.15, -0.1) is 11.3 Å². The molecule has 1 unspecified atom stereocenters. The summed E-state index contributed by atoms with van der Waals surface area (Å²) < 4.78 is 1.07. The molecule has 0 saturated carbocycles. The van der Waals surface area contributed by atoms with Crippen LogP contribution >= 0.6 is 38.9 Å². The van der Waals surface area contributed by atoms with Crippen molar-refractivity contribution in [3.63, 3.8) is 0 Å². The van der Waals surface area contributed by atoms with E-state index < -0.39 is 0 Å². The molecule has 2 rings (SSSR count). The summed E-state index contributed by atoms with van der Waals surface area (Å²) in [5.74, 6) is 5.61. The van der Waals surface area contributed by atoms with Crippen LogP contribution in [0.15, 0.2) is 40.2 Å². The van der Waals surface area contributed by atoms with Crippen LogP contribution < -0.4 is 11.3 Å². The third-order valence-corrected chi connectivity index (χ3v) is 4.46. The molecule has 0 aliphatic heterocycles. The van der Waals surface area contributed by atoms with Gasteiger partial charge in [0, 0.05) is 14.4 Å². The SMILES string of the molecule is NNC(c1ccc(Cl)cc1)c1sccc1Br. The molecule has 5 heteroatoms. The first kappa shape index (κ1) is 12.1. The summed E-state index contributed by atoms with van der Waals surface area (Å²) >= 11 is 11.0. The Bertz CT molecular complexity index is 469. The second kappa shape index (κ2) is 5.29. The summed E-state index contributed by atoms with van der Waals surface area (Å²) in [7, 11) is 0. The quantitative estimate of drug-likeness (QED) is 0.669. The molecule has 16 heavy (non-hydrogen) atoms. The maximum Gasteiger partial charge on any atom is 0.0813 e. The van der Waals surface area contributed by atoms with E-state index in [1.807, 2.05) is 35.7 Å². The normalized spacial score (nSPS) is 12.7. The highest BCUT2D eigenvalue weighted by atomic mass is 79.9. The first-order valence-electron chi connectivity index (χ1n) is 4.67. The van der Waals surface area contributed by atoms with Crippen molar-refractivity contribution in [1.82, 2.24) is 5.43 Å². The zero-order chi connectivity index (χ0) is 11.5. The standard InChI is InChI=1S/C11H10BrClN2S/c12-9-5-6-16-11(9)10(15-14)7-1-3-8(13)4-2-7/h1-6,10,15H,14H2. The lowest BCUT2D eigenvalue weighted by Crippen LogP contribution is -2.28. The summed E-state index contributed by atoms with van der Waals surface area (Å²) in [6.07, 6.45) is 0. The molecule has 1 atom stereocenters. The van der Waals surface area contributed by atoms with Gasteiger partial charge in [-0.1, -0.05) is 23.7 Å². The van der Waals surface area contributed by atoms with E-state index in [2.05, 4.69) is 21.4 Å². The van der Waals surface area contributed by atoms with Gasteiger partial charge in [0.1, 0.15) is 0 Å². The lowest BCUT2D eigenvalue weighted by Gasteiger charge is -2.15. The number of thiophene rings is 1. The van der Waals surface area contributed by atoms with Crippen molar-refractivity contribution in [3.05, 3.63) is 55.6 Å². The Morgan fingerprint density at radius 1 is 1.25 bits per heavy atom. The van der Waals surface area contributed by atoms with Crippen molar-refractivity contribution < 1.29 is 0 Å². The molecule has 3 N–H and O–H groups in total. The van der Waals surface area contributed by atoms with Crippen LogP contribution in [-0.2, 0) is 0 Å². The Morgan fingerprint density at radius 3 is 2.44 bits per heavy atom. The minimum Gasteiger partial charge on any atom is -0.271 e. The van der Waals surface area contributed by atoms with Gasteiger partial charge in [0.05, 0.1) is 6.04 Å². The van der Waals surface area contributed by atoms with Crippen molar-refractivity contribution in [2.24, 2.45) is 5.84 Å². The van der Waals surface area contributed by atoms with E-state index >= 15 is 0 Å². The monoisotopic (exact) mass is 316 g/mol. The second-order valence-electron chi connectivity index (χ2n) is 3.28. The summed E-state index contributed by atoms with van der Waals surface area (Å²) in [6.45, 7) is 0. The summed E-state index contributed by atoms with van der Waals surface area (Å²) in [4.78, 5) is 1.16. The van der Waals surface area contributed by atoms with Gasteiger partial charge in [0.25, 0.3) is 0 Å². The summed E-state index contributed by atoms with van der Waals surface area (Å²) in [5.41, 5.74) is 3.91. The highest BCUT2D eigenvalue weighted by Crippen LogP contribution is 2.32. The van der Waals surface area contributed by atoms with Crippen molar-refractivity contribution in [2.45, 2.75) is 6.04 Å². The lowest BCUT2D eigenvalue weighted by atomic mass is 10.1. The smallest absolute Gasteiger partial charge is 0.0813 e. The van der Waals surface area contributed by atoms with Gasteiger partial charge in [-0.05, 0) is 45.1 Å². The van der Waals surface area contributed by atoms with Crippen LogP contribution in [0.25, 0.3) is 0 Å². The van der Waals surface area contributed by atoms with Gasteiger partial charge in [-0.25, -0.2) is 5.43 Å². The molecule has 0 fully saturated rings. The lowest BCUT2D eigenvalue weighted by molar-refractivity contribution is 0.645. The number of hydrogen-bond donors (Lipinski definition) is 2. The minimum absolute atomic E-state index is 0.00774. The molecular formula is C11H10BrClN2S. The number of rotatable bonds is 3. The molecule has 1 heterocycles. The van der Waals surface area contributed by atoms with E-state index in [-0.39, 0.29) is 6.04 Å². The predicted octanol–water partition coefficient (Wildman–Crippen LogP) is 3.72. The molecule has 2 nitrogen and oxygen atoms in total. The number of benzene rings is 1. The first-order valence-corrected chi connectivity index (χ1v) is 6.72. The van der Waals surface area contributed by atoms with Crippen LogP contribution in [0.5, 0.6) is 0 Å². The average Bonchev–Trinajstić information content (AvgIpc) is 2.69. The number of nitrogens with one attached hydrogen (secondary N) is 1. The van der Waals surface area contributed by atoms with Crippen molar-refractivity contribution in [2.75, 3.05) is 0 Å². The molecule has 0 aliphatic carbocycles. The van der Waals surface area contributed by atoms with E-state index in [4.69, 9.17) is 17.4 Å². The third kappa shape index (κ3) is 2.47. The molecule has 2 aromatic rings. The van der Waals surface area contributed by atoms with E-state index in [9.17, 15) is 0 Å². The predicted molar refractivity (Wildman–Crippen MR) is 72.6 cm³/mol. The number of hydrogen-bond acceptors (Lipinski definition) is 3. The Labute approximate surface area is 112 Å². The van der Waals surface area contributed by atoms with Crippen LogP contribution in [-0.4, -0.2) is 0 Å². The summed E-state index contributed by atoms with van der Waals surface area (Å²) in [6, 6.07) is 9.68. The van der Waals surface area contributed by atoms with Crippen LogP contribution in [0.4, 0.5) is 0 Å². The minimum atomic E-state index is -0.00774. The average molecular weight is 318 g/mol. The Kier molecular flexibility index (Phi) is 4.00. The van der Waals surface area contributed by atoms with Gasteiger partial charge in [-0.2, -0.15) is 0 Å². The number of hydrazine groups is 1. The van der Waals surface area contributed by atoms with Crippen LogP contribution in [0, 0.1) is 0 Å². The fourth-order valence-electron chi connectivity index (χ4n) is 1.49. The molecule has 0 spiro atoms. The molecular weight excluding hydrogens is 308 g/mol. The maximum absolute atomic E-state index is 5.86. The largest absolute Gasteiger partial charge is 0.271 e. The Morgan fingerprint density at radius 2 is 1.94 bits per heavy atom. The third-order valence-electron chi connectivity index (χ3n) is 2.28. The second-order valence-corrected chi connectivity index (χ2v) is 5.52. The summed E-state index contributed by atoms with van der Waals surface area (Å²) in [5, 5.41) is 2.75. The van der Waals surface area contributed by atoms with Crippen LogP contribution in [0.1, 0.15) is 16.5 Å². The van der Waals surface area contributed by atoms with Crippen LogP contribution in [0.3, 0.4) is 0 Å². The Balaban J connectivity index is 2.37. The molecule has 0 radical (unpaired) electrons. The van der Waals surface area contributed by atoms with Crippen LogP contribution in [0.2, 0.25) is 5.02 Å². The zero-order valence-corrected chi connectivity index (χ0v) is 11.4. The topological polar surface area (TPSA) is 38.0 Å². The van der Waals surface area contributed by atoms with Gasteiger partial charge < -0.3 is 0 Å². The highest BCUT2D eigenvalue weighted by Gasteiger charge is 2.16. The van der Waals surface area contributed by atoms with Crippen molar-refractivity contribution in [1.29, 1.82) is 0 Å². The van der Waals surface area contributed by atoms with Gasteiger partial charge >= 0.3 is 0 Å². The molecule has 1 aromatic heterocycles. The molecule has 1 aromatic carbocycles. The van der Waals surface area contributed by atoms with E-state index in [1.54, 1.807) is 11.3 Å². The van der Waals surface area contributed by atoms with E-state index in [0.29, 0.717) is 0 Å². The fraction of sp³-hybridized carbons (Fsp3) is 0.0909. The molecule has 84 valence electrons. The molecule has 0 amide bonds. The van der Waals surface area contributed by atoms with E-state index in [1.165, 1.54) is 0 Å². The van der Waals surface area contributed by atoms with Gasteiger partial charge in [-0.3, -0.25) is 5.84 Å². The number of nitrogens with two attached hydrogens (primary N) is 1. The highest BCUT2D eigenvalue weighted by molar-refractivity contribution is 9.10. The van der Waals surface area contributed by atoms with E-state index in [0.717, 1.165) is 19.9 Å². The van der Waals surface area contributed by atoms with Crippen molar-refractivity contribution in [3.8, 4) is 0 Å². The van der Waals surface area contributed by atoms with Crippen molar-refractivity contribution >= 4 is 38.9 Å². The van der Waals surface area contributed by atoms with Gasteiger partial charge in [0.2, 0.25) is 0 Å². The first-order chi connectivity index (χ1) is 7.72.